The van der Waals surface area contributed by atoms with Crippen molar-refractivity contribution in [2.45, 2.75) is 26.9 Å². The van der Waals surface area contributed by atoms with Gasteiger partial charge in [-0.25, -0.2) is 0 Å². The van der Waals surface area contributed by atoms with E-state index in [4.69, 9.17) is 4.52 Å². The van der Waals surface area contributed by atoms with E-state index >= 15 is 0 Å². The van der Waals surface area contributed by atoms with Crippen LogP contribution >= 0.6 is 21.9 Å². The van der Waals surface area contributed by atoms with Crippen LogP contribution in [0, 0.1) is 13.8 Å². The molecule has 0 amide bonds. The third-order valence-electron chi connectivity index (χ3n) is 1.92. The summed E-state index contributed by atoms with van der Waals surface area (Å²) < 4.78 is 5.16. The van der Waals surface area contributed by atoms with Crippen LogP contribution in [0.5, 0.6) is 0 Å². The molecule has 0 heterocycles. The minimum Gasteiger partial charge on any atom is -0.358 e. The molecule has 1 aromatic carbocycles. The Morgan fingerprint density at radius 3 is 2.00 bits per heavy atom. The fourth-order valence-corrected chi connectivity index (χ4v) is 1.48. The first-order chi connectivity index (χ1) is 5.63. The molecule has 1 aromatic rings. The highest BCUT2D eigenvalue weighted by molar-refractivity contribution is 7.09. The Hall–Kier alpha value is -0.100. The number of benzene rings is 1. The Morgan fingerprint density at radius 2 is 1.62 bits per heavy atom. The summed E-state index contributed by atoms with van der Waals surface area (Å²) in [5.74, 6) is 0. The van der Waals surface area contributed by atoms with Crippen molar-refractivity contribution in [2.75, 3.05) is 0 Å². The number of hydrogen-bond donors (Lipinski definition) is 0. The molecular formula is C10H16ClOP. The molecule has 0 N–H and O–H groups in total. The summed E-state index contributed by atoms with van der Waals surface area (Å²) in [6, 6.07) is 6.47. The zero-order valence-electron chi connectivity index (χ0n) is 8.20. The molecule has 0 aromatic heterocycles. The van der Waals surface area contributed by atoms with Gasteiger partial charge in [-0.3, -0.25) is 0 Å². The molecule has 0 aliphatic carbocycles. The van der Waals surface area contributed by atoms with Crippen molar-refractivity contribution in [2.24, 2.45) is 0 Å². The maximum Gasteiger partial charge on any atom is 0.0832 e. The third kappa shape index (κ3) is 3.64. The van der Waals surface area contributed by atoms with Crippen molar-refractivity contribution in [3.05, 3.63) is 34.9 Å². The Kier molecular flexibility index (Phi) is 5.55. The van der Waals surface area contributed by atoms with Gasteiger partial charge in [0.2, 0.25) is 0 Å². The number of aryl methyl sites for hydroxylation is 2. The monoisotopic (exact) mass is 218 g/mol. The lowest BCUT2D eigenvalue weighted by Crippen LogP contribution is -1.93. The van der Waals surface area contributed by atoms with Crippen molar-refractivity contribution < 1.29 is 4.52 Å². The predicted molar refractivity (Wildman–Crippen MR) is 62.4 cm³/mol. The Morgan fingerprint density at radius 1 is 1.15 bits per heavy atom. The van der Waals surface area contributed by atoms with E-state index in [0.29, 0.717) is 0 Å². The second kappa shape index (κ2) is 5.59. The van der Waals surface area contributed by atoms with Crippen molar-refractivity contribution in [1.82, 2.24) is 0 Å². The standard InChI is InChI=1S/C10H15OP.ClH/c1-7-4-8(2)6-10(5-7)9(3)11-12;/h4-6,9H,12H2,1-3H3;1H. The largest absolute Gasteiger partial charge is 0.358 e. The molecule has 0 saturated carbocycles. The molecule has 0 aliphatic rings. The second-order valence-electron chi connectivity index (χ2n) is 3.20. The summed E-state index contributed by atoms with van der Waals surface area (Å²) in [7, 11) is 2.30. The van der Waals surface area contributed by atoms with Crippen LogP contribution < -0.4 is 0 Å². The van der Waals surface area contributed by atoms with Gasteiger partial charge >= 0.3 is 0 Å². The van der Waals surface area contributed by atoms with Gasteiger partial charge in [0, 0.05) is 9.47 Å². The highest BCUT2D eigenvalue weighted by Crippen LogP contribution is 2.21. The Bertz CT molecular complexity index is 255. The van der Waals surface area contributed by atoms with Crippen LogP contribution in [0.25, 0.3) is 0 Å². The van der Waals surface area contributed by atoms with E-state index in [1.54, 1.807) is 0 Å². The average molecular weight is 219 g/mol. The third-order valence-corrected chi connectivity index (χ3v) is 2.33. The van der Waals surface area contributed by atoms with Gasteiger partial charge in [-0.15, -0.1) is 12.4 Å². The SMILES string of the molecule is Cc1cc(C)cc(C(C)OP)c1.Cl. The maximum atomic E-state index is 5.16. The van der Waals surface area contributed by atoms with Crippen molar-refractivity contribution in [3.8, 4) is 0 Å². The minimum absolute atomic E-state index is 0. The molecule has 0 bridgehead atoms. The van der Waals surface area contributed by atoms with Crippen LogP contribution in [0.15, 0.2) is 18.2 Å². The van der Waals surface area contributed by atoms with Crippen LogP contribution in [0.3, 0.4) is 0 Å². The smallest absolute Gasteiger partial charge is 0.0832 e. The topological polar surface area (TPSA) is 9.23 Å². The van der Waals surface area contributed by atoms with E-state index in [2.05, 4.69) is 41.5 Å². The lowest BCUT2D eigenvalue weighted by atomic mass is 10.0. The van der Waals surface area contributed by atoms with E-state index in [0.717, 1.165) is 0 Å². The molecule has 2 unspecified atom stereocenters. The predicted octanol–water partition coefficient (Wildman–Crippen LogP) is 3.59. The van der Waals surface area contributed by atoms with Gasteiger partial charge in [0.05, 0.1) is 6.10 Å². The molecule has 0 radical (unpaired) electrons. The molecule has 2 atom stereocenters. The molecule has 74 valence electrons. The van der Waals surface area contributed by atoms with E-state index in [1.807, 2.05) is 6.92 Å². The Labute approximate surface area is 88.6 Å². The van der Waals surface area contributed by atoms with E-state index in [-0.39, 0.29) is 18.5 Å². The first-order valence-corrected chi connectivity index (χ1v) is 4.54. The van der Waals surface area contributed by atoms with Crippen LogP contribution in [-0.2, 0) is 4.52 Å². The van der Waals surface area contributed by atoms with Gasteiger partial charge in [-0.2, -0.15) is 0 Å². The Balaban J connectivity index is 0.00000144. The van der Waals surface area contributed by atoms with Crippen molar-refractivity contribution in [3.63, 3.8) is 0 Å². The van der Waals surface area contributed by atoms with Gasteiger partial charge < -0.3 is 4.52 Å². The first-order valence-electron chi connectivity index (χ1n) is 4.07. The van der Waals surface area contributed by atoms with Crippen LogP contribution in [0.1, 0.15) is 29.7 Å². The molecule has 0 spiro atoms. The van der Waals surface area contributed by atoms with Crippen LogP contribution in [-0.4, -0.2) is 0 Å². The molecule has 0 fully saturated rings. The van der Waals surface area contributed by atoms with Crippen molar-refractivity contribution >= 4 is 21.9 Å². The van der Waals surface area contributed by atoms with Crippen molar-refractivity contribution in [1.29, 1.82) is 0 Å². The molecule has 0 aliphatic heterocycles. The molecule has 3 heteroatoms. The quantitative estimate of drug-likeness (QED) is 0.690. The summed E-state index contributed by atoms with van der Waals surface area (Å²) >= 11 is 0. The van der Waals surface area contributed by atoms with Gasteiger partial charge in [0.1, 0.15) is 0 Å². The maximum absolute atomic E-state index is 5.16. The first kappa shape index (κ1) is 12.9. The van der Waals surface area contributed by atoms with Crippen LogP contribution in [0.2, 0.25) is 0 Å². The normalized spacial score (nSPS) is 12.0. The zero-order chi connectivity index (χ0) is 9.14. The molecule has 1 rings (SSSR count). The fourth-order valence-electron chi connectivity index (χ4n) is 1.32. The molecule has 1 nitrogen and oxygen atoms in total. The molecule has 13 heavy (non-hydrogen) atoms. The zero-order valence-corrected chi connectivity index (χ0v) is 10.2. The van der Waals surface area contributed by atoms with Gasteiger partial charge in [0.15, 0.2) is 0 Å². The summed E-state index contributed by atoms with van der Waals surface area (Å²) in [6.45, 7) is 6.25. The number of hydrogen-bond acceptors (Lipinski definition) is 1. The average Bonchev–Trinajstić information content (AvgIpc) is 2.01. The fraction of sp³-hybridized carbons (Fsp3) is 0.400. The molecule has 0 saturated heterocycles. The van der Waals surface area contributed by atoms with Crippen LogP contribution in [0.4, 0.5) is 0 Å². The van der Waals surface area contributed by atoms with Gasteiger partial charge in [-0.05, 0) is 26.3 Å². The van der Waals surface area contributed by atoms with E-state index in [1.165, 1.54) is 16.7 Å². The van der Waals surface area contributed by atoms with E-state index < -0.39 is 0 Å². The molecular weight excluding hydrogens is 203 g/mol. The van der Waals surface area contributed by atoms with E-state index in [9.17, 15) is 0 Å². The minimum atomic E-state index is 0. The van der Waals surface area contributed by atoms with Gasteiger partial charge in [-0.1, -0.05) is 29.3 Å². The lowest BCUT2D eigenvalue weighted by Gasteiger charge is -2.11. The highest BCUT2D eigenvalue weighted by atomic mass is 35.5. The van der Waals surface area contributed by atoms with Gasteiger partial charge in [0.25, 0.3) is 0 Å². The summed E-state index contributed by atoms with van der Waals surface area (Å²) in [5.41, 5.74) is 3.82. The summed E-state index contributed by atoms with van der Waals surface area (Å²) in [4.78, 5) is 0. The lowest BCUT2D eigenvalue weighted by molar-refractivity contribution is 0.270. The number of halogens is 1. The highest BCUT2D eigenvalue weighted by Gasteiger charge is 2.03. The summed E-state index contributed by atoms with van der Waals surface area (Å²) in [5, 5.41) is 0. The summed E-state index contributed by atoms with van der Waals surface area (Å²) in [6.07, 6.45) is 0.161. The number of rotatable bonds is 2. The second-order valence-corrected chi connectivity index (χ2v) is 3.47.